The number of rotatable bonds is 8. The van der Waals surface area contributed by atoms with Gasteiger partial charge in [0, 0.05) is 30.8 Å². The Morgan fingerprint density at radius 1 is 1.04 bits per heavy atom. The van der Waals surface area contributed by atoms with Crippen molar-refractivity contribution < 1.29 is 9.53 Å². The van der Waals surface area contributed by atoms with E-state index < -0.39 is 0 Å². The van der Waals surface area contributed by atoms with E-state index in [1.54, 1.807) is 0 Å². The van der Waals surface area contributed by atoms with Gasteiger partial charge in [-0.2, -0.15) is 0 Å². The predicted octanol–water partition coefficient (Wildman–Crippen LogP) is 4.37. The van der Waals surface area contributed by atoms with E-state index in [0.29, 0.717) is 12.8 Å². The summed E-state index contributed by atoms with van der Waals surface area (Å²) in [6.07, 6.45) is 7.80. The Kier molecular flexibility index (Phi) is 6.91. The number of esters is 1. The van der Waals surface area contributed by atoms with Crippen LogP contribution in [0.4, 0.5) is 0 Å². The summed E-state index contributed by atoms with van der Waals surface area (Å²) in [7, 11) is 0. The Labute approximate surface area is 144 Å². The lowest BCUT2D eigenvalue weighted by atomic mass is 10.1. The van der Waals surface area contributed by atoms with Crippen molar-refractivity contribution >= 4 is 5.97 Å². The molecule has 1 unspecified atom stereocenters. The number of ether oxygens (including phenoxy) is 1. The molecule has 0 aliphatic carbocycles. The number of hydrogen-bond donors (Lipinski definition) is 0. The zero-order chi connectivity index (χ0) is 17.4. The third kappa shape index (κ3) is 5.44. The zero-order valence-corrected chi connectivity index (χ0v) is 14.8. The highest BCUT2D eigenvalue weighted by Crippen LogP contribution is 2.17. The highest BCUT2D eigenvalue weighted by Gasteiger charge is 2.10. The van der Waals surface area contributed by atoms with E-state index in [4.69, 9.17) is 4.74 Å². The van der Waals surface area contributed by atoms with Gasteiger partial charge in [0.05, 0.1) is 0 Å². The molecular formula is C20H26N2O2. The van der Waals surface area contributed by atoms with Crippen molar-refractivity contribution in [2.75, 3.05) is 0 Å². The maximum absolute atomic E-state index is 11.5. The van der Waals surface area contributed by atoms with Crippen LogP contribution in [0.3, 0.4) is 0 Å². The first-order valence-electron chi connectivity index (χ1n) is 8.72. The number of benzene rings is 1. The fourth-order valence-corrected chi connectivity index (χ4v) is 2.57. The molecule has 0 aliphatic heterocycles. The summed E-state index contributed by atoms with van der Waals surface area (Å²) in [5.74, 6) is 0.617. The second kappa shape index (κ2) is 9.16. The second-order valence-electron chi connectivity index (χ2n) is 6.12. The molecule has 24 heavy (non-hydrogen) atoms. The third-order valence-electron chi connectivity index (χ3n) is 3.77. The first-order chi connectivity index (χ1) is 11.6. The van der Waals surface area contributed by atoms with Crippen LogP contribution in [-0.4, -0.2) is 22.0 Å². The van der Waals surface area contributed by atoms with Crippen LogP contribution in [0.2, 0.25) is 0 Å². The minimum atomic E-state index is -0.123. The molecule has 0 saturated carbocycles. The quantitative estimate of drug-likeness (QED) is 0.676. The van der Waals surface area contributed by atoms with Crippen molar-refractivity contribution in [1.29, 1.82) is 0 Å². The Balaban J connectivity index is 1.96. The molecule has 0 spiro atoms. The number of nitrogens with zero attached hydrogens (tertiary/aromatic N) is 2. The molecule has 0 saturated heterocycles. The maximum atomic E-state index is 11.5. The summed E-state index contributed by atoms with van der Waals surface area (Å²) in [5, 5.41) is 0. The van der Waals surface area contributed by atoms with Crippen LogP contribution in [0.1, 0.15) is 51.2 Å². The summed E-state index contributed by atoms with van der Waals surface area (Å²) in [4.78, 5) is 20.4. The summed E-state index contributed by atoms with van der Waals surface area (Å²) in [6, 6.07) is 8.13. The standard InChI is InChI=1S/C20H26N2O2/c1-4-6-17-13-21-20(22-14-17)18-10-8-16(9-11-18)12-15(3)24-19(23)7-5-2/h8-11,13-15H,4-7,12H2,1-3H3. The average molecular weight is 326 g/mol. The van der Waals surface area contributed by atoms with E-state index in [0.717, 1.165) is 36.2 Å². The molecule has 128 valence electrons. The lowest BCUT2D eigenvalue weighted by molar-refractivity contribution is -0.148. The third-order valence-corrected chi connectivity index (χ3v) is 3.77. The first kappa shape index (κ1) is 18.1. The second-order valence-corrected chi connectivity index (χ2v) is 6.12. The molecule has 2 aromatic rings. The summed E-state index contributed by atoms with van der Waals surface area (Å²) in [5.41, 5.74) is 3.30. The van der Waals surface area contributed by atoms with E-state index in [2.05, 4.69) is 16.9 Å². The SMILES string of the molecule is CCCC(=O)OC(C)Cc1ccc(-c2ncc(CCC)cn2)cc1. The molecule has 0 N–H and O–H groups in total. The lowest BCUT2D eigenvalue weighted by Crippen LogP contribution is -2.16. The van der Waals surface area contributed by atoms with Crippen molar-refractivity contribution in [2.45, 2.75) is 59.0 Å². The van der Waals surface area contributed by atoms with Crippen LogP contribution in [0.5, 0.6) is 0 Å². The van der Waals surface area contributed by atoms with E-state index in [1.165, 1.54) is 5.56 Å². The van der Waals surface area contributed by atoms with Gasteiger partial charge in [0.2, 0.25) is 0 Å². The van der Waals surface area contributed by atoms with E-state index in [-0.39, 0.29) is 12.1 Å². The van der Waals surface area contributed by atoms with Crippen molar-refractivity contribution in [3.63, 3.8) is 0 Å². The Morgan fingerprint density at radius 3 is 2.29 bits per heavy atom. The average Bonchev–Trinajstić information content (AvgIpc) is 2.57. The van der Waals surface area contributed by atoms with E-state index >= 15 is 0 Å². The fraction of sp³-hybridized carbons (Fsp3) is 0.450. The smallest absolute Gasteiger partial charge is 0.306 e. The molecule has 4 heteroatoms. The number of aryl methyl sites for hydroxylation is 1. The van der Waals surface area contributed by atoms with Crippen LogP contribution < -0.4 is 0 Å². The summed E-state index contributed by atoms with van der Waals surface area (Å²) < 4.78 is 5.38. The molecule has 1 heterocycles. The molecular weight excluding hydrogens is 300 g/mol. The number of carbonyl (C=O) groups is 1. The van der Waals surface area contributed by atoms with E-state index in [9.17, 15) is 4.79 Å². The molecule has 1 atom stereocenters. The minimum Gasteiger partial charge on any atom is -0.462 e. The fourth-order valence-electron chi connectivity index (χ4n) is 2.57. The van der Waals surface area contributed by atoms with Crippen LogP contribution in [0.15, 0.2) is 36.7 Å². The molecule has 0 aliphatic rings. The van der Waals surface area contributed by atoms with Crippen molar-refractivity contribution in [3.8, 4) is 11.4 Å². The molecule has 1 aromatic carbocycles. The Bertz CT molecular complexity index is 636. The highest BCUT2D eigenvalue weighted by atomic mass is 16.5. The molecule has 4 nitrogen and oxygen atoms in total. The summed E-state index contributed by atoms with van der Waals surface area (Å²) >= 11 is 0. The highest BCUT2D eigenvalue weighted by molar-refractivity contribution is 5.69. The van der Waals surface area contributed by atoms with Crippen molar-refractivity contribution in [3.05, 3.63) is 47.8 Å². The van der Waals surface area contributed by atoms with Gasteiger partial charge >= 0.3 is 5.97 Å². The van der Waals surface area contributed by atoms with Crippen molar-refractivity contribution in [1.82, 2.24) is 9.97 Å². The van der Waals surface area contributed by atoms with Gasteiger partial charge in [-0.3, -0.25) is 4.79 Å². The molecule has 1 aromatic heterocycles. The molecule has 0 bridgehead atoms. The van der Waals surface area contributed by atoms with Crippen LogP contribution >= 0.6 is 0 Å². The van der Waals surface area contributed by atoms with Crippen LogP contribution in [0, 0.1) is 0 Å². The zero-order valence-electron chi connectivity index (χ0n) is 14.8. The summed E-state index contributed by atoms with van der Waals surface area (Å²) in [6.45, 7) is 6.05. The molecule has 2 rings (SSSR count). The monoisotopic (exact) mass is 326 g/mol. The number of aromatic nitrogens is 2. The number of carbonyl (C=O) groups excluding carboxylic acids is 1. The van der Waals surface area contributed by atoms with Gasteiger partial charge in [-0.15, -0.1) is 0 Å². The van der Waals surface area contributed by atoms with Gasteiger partial charge in [-0.1, -0.05) is 44.5 Å². The Morgan fingerprint density at radius 2 is 1.71 bits per heavy atom. The van der Waals surface area contributed by atoms with Gasteiger partial charge in [0.25, 0.3) is 0 Å². The van der Waals surface area contributed by atoms with Gasteiger partial charge in [-0.25, -0.2) is 9.97 Å². The minimum absolute atomic E-state index is 0.112. The van der Waals surface area contributed by atoms with Crippen LogP contribution in [-0.2, 0) is 22.4 Å². The molecule has 0 amide bonds. The van der Waals surface area contributed by atoms with Gasteiger partial charge in [0.1, 0.15) is 6.10 Å². The van der Waals surface area contributed by atoms with Gasteiger partial charge in [-0.05, 0) is 30.9 Å². The van der Waals surface area contributed by atoms with Crippen LogP contribution in [0.25, 0.3) is 11.4 Å². The van der Waals surface area contributed by atoms with E-state index in [1.807, 2.05) is 50.5 Å². The topological polar surface area (TPSA) is 52.1 Å². The lowest BCUT2D eigenvalue weighted by Gasteiger charge is -2.13. The maximum Gasteiger partial charge on any atom is 0.306 e. The number of hydrogen-bond acceptors (Lipinski definition) is 4. The van der Waals surface area contributed by atoms with Crippen molar-refractivity contribution in [2.24, 2.45) is 0 Å². The largest absolute Gasteiger partial charge is 0.462 e. The van der Waals surface area contributed by atoms with Gasteiger partial charge < -0.3 is 4.74 Å². The first-order valence-corrected chi connectivity index (χ1v) is 8.72. The molecule has 0 fully saturated rings. The van der Waals surface area contributed by atoms with Gasteiger partial charge in [0.15, 0.2) is 5.82 Å². The normalized spacial score (nSPS) is 12.0. The Hall–Kier alpha value is -2.23. The molecule has 0 radical (unpaired) electrons. The predicted molar refractivity (Wildman–Crippen MR) is 95.6 cm³/mol.